The van der Waals surface area contributed by atoms with E-state index in [0.717, 1.165) is 12.3 Å². The molecule has 0 aromatic heterocycles. The number of aldehydes is 1. The van der Waals surface area contributed by atoms with E-state index in [0.29, 0.717) is 19.0 Å². The van der Waals surface area contributed by atoms with Gasteiger partial charge in [-0.25, -0.2) is 8.78 Å². The maximum atomic E-state index is 14.1. The third kappa shape index (κ3) is 5.28. The monoisotopic (exact) mass is 414 g/mol. The molecule has 0 fully saturated rings. The highest BCUT2D eigenvalue weighted by Crippen LogP contribution is 2.21. The van der Waals surface area contributed by atoms with Crippen LogP contribution in [-0.4, -0.2) is 37.2 Å². The molecular weight excluding hydrogens is 398 g/mol. The van der Waals surface area contributed by atoms with Gasteiger partial charge < -0.3 is 21.5 Å². The first-order chi connectivity index (χ1) is 11.9. The summed E-state index contributed by atoms with van der Waals surface area (Å²) < 4.78 is 27.6. The van der Waals surface area contributed by atoms with E-state index in [1.165, 1.54) is 6.08 Å². The number of hydrogen-bond donors (Lipinski definition) is 4. The van der Waals surface area contributed by atoms with E-state index in [1.807, 2.05) is 0 Å². The number of alkyl halides is 1. The van der Waals surface area contributed by atoms with E-state index in [2.05, 4.69) is 26.6 Å². The Morgan fingerprint density at radius 3 is 2.64 bits per heavy atom. The van der Waals surface area contributed by atoms with Gasteiger partial charge in [0.05, 0.1) is 16.4 Å². The number of allylic oxidation sites excluding steroid dienone is 5. The van der Waals surface area contributed by atoms with Crippen LogP contribution in [0.2, 0.25) is 0 Å². The highest BCUT2D eigenvalue weighted by Gasteiger charge is 2.24. The predicted molar refractivity (Wildman–Crippen MR) is 95.2 cm³/mol. The van der Waals surface area contributed by atoms with Gasteiger partial charge >= 0.3 is 0 Å². The molecule has 0 radical (unpaired) electrons. The van der Waals surface area contributed by atoms with Gasteiger partial charge in [-0.3, -0.25) is 9.59 Å². The summed E-state index contributed by atoms with van der Waals surface area (Å²) in [6, 6.07) is 0. The third-order valence-corrected chi connectivity index (χ3v) is 3.86. The molecule has 0 saturated heterocycles. The van der Waals surface area contributed by atoms with Crippen LogP contribution in [0.25, 0.3) is 0 Å². The van der Waals surface area contributed by atoms with Crippen molar-refractivity contribution in [2.24, 2.45) is 0 Å². The van der Waals surface area contributed by atoms with Gasteiger partial charge in [-0.05, 0) is 28.9 Å². The van der Waals surface area contributed by atoms with Gasteiger partial charge in [-0.15, -0.1) is 0 Å². The molecule has 0 heterocycles. The molecule has 9 heteroatoms. The van der Waals surface area contributed by atoms with Gasteiger partial charge in [0.15, 0.2) is 12.1 Å². The van der Waals surface area contributed by atoms with Gasteiger partial charge in [-0.1, -0.05) is 6.08 Å². The molecule has 1 unspecified atom stereocenters. The first-order valence-corrected chi connectivity index (χ1v) is 8.06. The molecule has 0 saturated carbocycles. The first kappa shape index (κ1) is 20.6. The average molecular weight is 415 g/mol. The number of ketones is 1. The normalized spacial score (nSPS) is 18.8. The van der Waals surface area contributed by atoms with E-state index in [9.17, 15) is 18.4 Å². The maximum absolute atomic E-state index is 14.1. The highest BCUT2D eigenvalue weighted by atomic mass is 79.9. The third-order valence-electron chi connectivity index (χ3n) is 3.16. The maximum Gasteiger partial charge on any atom is 0.216 e. The topological polar surface area (TPSA) is 106 Å². The van der Waals surface area contributed by atoms with Crippen molar-refractivity contribution in [3.63, 3.8) is 0 Å². The van der Waals surface area contributed by atoms with Crippen LogP contribution in [0.15, 0.2) is 45.1 Å². The zero-order valence-electron chi connectivity index (χ0n) is 13.3. The molecule has 0 aliphatic heterocycles. The molecule has 25 heavy (non-hydrogen) atoms. The van der Waals surface area contributed by atoms with Crippen LogP contribution in [0, 0.1) is 10.8 Å². The molecule has 1 aliphatic rings. The zero-order valence-corrected chi connectivity index (χ0v) is 14.9. The lowest BCUT2D eigenvalue weighted by atomic mass is 10.0. The van der Waals surface area contributed by atoms with Crippen molar-refractivity contribution in [3.05, 3.63) is 45.1 Å². The molecule has 134 valence electrons. The fraction of sp³-hybridized carbons (Fsp3) is 0.250. The molecule has 1 atom stereocenters. The van der Waals surface area contributed by atoms with E-state index in [1.54, 1.807) is 6.92 Å². The summed E-state index contributed by atoms with van der Waals surface area (Å²) in [5.41, 5.74) is -0.807. The van der Waals surface area contributed by atoms with Crippen LogP contribution in [0.3, 0.4) is 0 Å². The molecule has 0 spiro atoms. The van der Waals surface area contributed by atoms with E-state index in [-0.39, 0.29) is 27.9 Å². The summed E-state index contributed by atoms with van der Waals surface area (Å²) in [7, 11) is 0. The molecule has 0 bridgehead atoms. The fourth-order valence-corrected chi connectivity index (χ4v) is 2.55. The van der Waals surface area contributed by atoms with E-state index < -0.39 is 23.5 Å². The molecule has 4 N–H and O–H groups in total. The van der Waals surface area contributed by atoms with Crippen molar-refractivity contribution in [3.8, 4) is 0 Å². The van der Waals surface area contributed by atoms with Crippen LogP contribution < -0.4 is 10.6 Å². The number of rotatable bonds is 9. The van der Waals surface area contributed by atoms with Gasteiger partial charge in [0.1, 0.15) is 11.9 Å². The SMILES string of the molecule is CCN/C(Br)=C(\C=N)C(=O)/C(NC1=CCC(F)C=C1C=O)=C(\F)C=N. The number of hydrogen-bond acceptors (Lipinski definition) is 6. The van der Waals surface area contributed by atoms with Crippen LogP contribution in [0.4, 0.5) is 8.78 Å². The quantitative estimate of drug-likeness (QED) is 0.201. The minimum atomic E-state index is -1.35. The summed E-state index contributed by atoms with van der Waals surface area (Å²) in [5, 5.41) is 19.7. The summed E-state index contributed by atoms with van der Waals surface area (Å²) in [6.45, 7) is 2.22. The van der Waals surface area contributed by atoms with Crippen LogP contribution >= 0.6 is 15.9 Å². The Kier molecular flexibility index (Phi) is 8.06. The fourth-order valence-electron chi connectivity index (χ4n) is 1.97. The number of carbonyl (C=O) groups excluding carboxylic acids is 2. The van der Waals surface area contributed by atoms with Crippen molar-refractivity contribution in [2.75, 3.05) is 6.54 Å². The Morgan fingerprint density at radius 2 is 2.12 bits per heavy atom. The van der Waals surface area contributed by atoms with Gasteiger partial charge in [-0.2, -0.15) is 0 Å². The number of nitrogens with one attached hydrogen (secondary N) is 4. The summed E-state index contributed by atoms with van der Waals surface area (Å²) in [6.07, 6.45) is 2.44. The number of carbonyl (C=O) groups is 2. The average Bonchev–Trinajstić information content (AvgIpc) is 2.60. The van der Waals surface area contributed by atoms with Crippen molar-refractivity contribution >= 4 is 40.4 Å². The second-order valence-corrected chi connectivity index (χ2v) is 5.63. The lowest BCUT2D eigenvalue weighted by molar-refractivity contribution is -0.112. The minimum Gasteiger partial charge on any atom is -0.379 e. The Hall–Kier alpha value is -2.42. The van der Waals surface area contributed by atoms with Gasteiger partial charge in [0, 0.05) is 30.5 Å². The van der Waals surface area contributed by atoms with Crippen LogP contribution in [-0.2, 0) is 9.59 Å². The second-order valence-electron chi connectivity index (χ2n) is 4.83. The zero-order chi connectivity index (χ0) is 19.0. The largest absolute Gasteiger partial charge is 0.379 e. The van der Waals surface area contributed by atoms with Gasteiger partial charge in [0.2, 0.25) is 5.78 Å². The molecule has 1 aliphatic carbocycles. The molecular formula is C16H17BrF2N4O2. The Bertz CT molecular complexity index is 711. The molecule has 0 amide bonds. The van der Waals surface area contributed by atoms with Crippen molar-refractivity contribution < 1.29 is 18.4 Å². The molecule has 0 aromatic rings. The second kappa shape index (κ2) is 9.77. The Morgan fingerprint density at radius 1 is 1.44 bits per heavy atom. The van der Waals surface area contributed by atoms with Crippen molar-refractivity contribution in [2.45, 2.75) is 19.5 Å². The number of Topliss-reactive ketones (excluding diaryl/α,β-unsaturated/α-hetero) is 1. The minimum absolute atomic E-state index is 0.0400. The Balaban J connectivity index is 3.29. The summed E-state index contributed by atoms with van der Waals surface area (Å²) in [5.74, 6) is -2.09. The smallest absolute Gasteiger partial charge is 0.216 e. The van der Waals surface area contributed by atoms with Crippen molar-refractivity contribution in [1.29, 1.82) is 10.8 Å². The molecule has 6 nitrogen and oxygen atoms in total. The van der Waals surface area contributed by atoms with E-state index >= 15 is 0 Å². The molecule has 0 aromatic carbocycles. The lowest BCUT2D eigenvalue weighted by Gasteiger charge is -2.18. The lowest BCUT2D eigenvalue weighted by Crippen LogP contribution is -2.27. The Labute approximate surface area is 151 Å². The first-order valence-electron chi connectivity index (χ1n) is 7.27. The van der Waals surface area contributed by atoms with Crippen LogP contribution in [0.1, 0.15) is 13.3 Å². The van der Waals surface area contributed by atoms with Crippen LogP contribution in [0.5, 0.6) is 0 Å². The van der Waals surface area contributed by atoms with Gasteiger partial charge in [0.25, 0.3) is 0 Å². The molecule has 1 rings (SSSR count). The standard InChI is InChI=1S/C16H17BrF2N4O2/c1-2-22-16(17)11(6-20)15(25)14(12(19)7-21)23-13-4-3-10(18)5-9(13)8-24/h4-8,10,20-23H,2-3H2,1H3/b14-12+,16-11+,20-6?,21-7?. The number of halogens is 3. The summed E-state index contributed by atoms with van der Waals surface area (Å²) >= 11 is 3.10. The van der Waals surface area contributed by atoms with Crippen molar-refractivity contribution in [1.82, 2.24) is 10.6 Å². The highest BCUT2D eigenvalue weighted by molar-refractivity contribution is 9.11. The van der Waals surface area contributed by atoms with E-state index in [4.69, 9.17) is 10.8 Å². The summed E-state index contributed by atoms with van der Waals surface area (Å²) in [4.78, 5) is 23.6. The predicted octanol–water partition coefficient (Wildman–Crippen LogP) is 2.59.